The van der Waals surface area contributed by atoms with Crippen LogP contribution in [0.1, 0.15) is 49.9 Å². The topological polar surface area (TPSA) is 62.7 Å². The third-order valence-electron chi connectivity index (χ3n) is 6.82. The van der Waals surface area contributed by atoms with Crippen molar-refractivity contribution in [1.29, 1.82) is 0 Å². The standard InChI is InChI=1S/C26H33N3O3/c1-18-14-23(21-6-4-8-24(15-21)32-3)16-25(27-18)22-7-5-11-29(17-22)26(31)20-9-12-28(13-10-20)19(2)30/h4,6,8,14-16,20,22H,5,7,9-13,17H2,1-3H3/t22-/m1/s1. The van der Waals surface area contributed by atoms with E-state index in [9.17, 15) is 9.59 Å². The fraction of sp³-hybridized carbons (Fsp3) is 0.500. The van der Waals surface area contributed by atoms with Gasteiger partial charge in [-0.15, -0.1) is 0 Å². The number of nitrogens with zero attached hydrogens (tertiary/aromatic N) is 3. The lowest BCUT2D eigenvalue weighted by atomic mass is 9.89. The van der Waals surface area contributed by atoms with Crippen molar-refractivity contribution in [3.8, 4) is 16.9 Å². The fourth-order valence-corrected chi connectivity index (χ4v) is 4.99. The van der Waals surface area contributed by atoms with Crippen molar-refractivity contribution in [1.82, 2.24) is 14.8 Å². The third kappa shape index (κ3) is 4.95. The Balaban J connectivity index is 1.48. The normalized spacial score (nSPS) is 19.7. The lowest BCUT2D eigenvalue weighted by Crippen LogP contribution is -2.46. The first kappa shape index (κ1) is 22.3. The van der Waals surface area contributed by atoms with E-state index < -0.39 is 0 Å². The van der Waals surface area contributed by atoms with E-state index in [4.69, 9.17) is 9.72 Å². The summed E-state index contributed by atoms with van der Waals surface area (Å²) in [6.07, 6.45) is 3.57. The Morgan fingerprint density at radius 3 is 2.50 bits per heavy atom. The zero-order chi connectivity index (χ0) is 22.7. The summed E-state index contributed by atoms with van der Waals surface area (Å²) < 4.78 is 5.39. The molecule has 0 radical (unpaired) electrons. The number of hydrogen-bond donors (Lipinski definition) is 0. The Labute approximate surface area is 190 Å². The van der Waals surface area contributed by atoms with Gasteiger partial charge in [-0.3, -0.25) is 14.6 Å². The molecule has 2 amide bonds. The van der Waals surface area contributed by atoms with Crippen LogP contribution in [0.4, 0.5) is 0 Å². The van der Waals surface area contributed by atoms with Crippen LogP contribution in [0.5, 0.6) is 5.75 Å². The van der Waals surface area contributed by atoms with Gasteiger partial charge in [0, 0.05) is 56.3 Å². The van der Waals surface area contributed by atoms with Crippen LogP contribution in [0, 0.1) is 12.8 Å². The maximum Gasteiger partial charge on any atom is 0.225 e. The van der Waals surface area contributed by atoms with Crippen LogP contribution in [-0.2, 0) is 9.59 Å². The van der Waals surface area contributed by atoms with Gasteiger partial charge in [-0.05, 0) is 68.0 Å². The lowest BCUT2D eigenvalue weighted by Gasteiger charge is -2.37. The average Bonchev–Trinajstić information content (AvgIpc) is 2.83. The van der Waals surface area contributed by atoms with Crippen LogP contribution in [0.15, 0.2) is 36.4 Å². The van der Waals surface area contributed by atoms with Crippen molar-refractivity contribution < 1.29 is 14.3 Å². The van der Waals surface area contributed by atoms with Crippen molar-refractivity contribution in [3.05, 3.63) is 47.8 Å². The number of rotatable bonds is 4. The zero-order valence-corrected chi connectivity index (χ0v) is 19.3. The van der Waals surface area contributed by atoms with E-state index >= 15 is 0 Å². The number of aryl methyl sites for hydroxylation is 1. The highest BCUT2D eigenvalue weighted by atomic mass is 16.5. The van der Waals surface area contributed by atoms with E-state index in [2.05, 4.69) is 18.2 Å². The quantitative estimate of drug-likeness (QED) is 0.727. The van der Waals surface area contributed by atoms with Crippen LogP contribution in [0.25, 0.3) is 11.1 Å². The number of carbonyl (C=O) groups excluding carboxylic acids is 2. The number of likely N-dealkylation sites (tertiary alicyclic amines) is 2. The van der Waals surface area contributed by atoms with Gasteiger partial charge in [0.25, 0.3) is 0 Å². The summed E-state index contributed by atoms with van der Waals surface area (Å²) in [5.74, 6) is 1.46. The lowest BCUT2D eigenvalue weighted by molar-refractivity contribution is -0.141. The molecule has 0 aliphatic carbocycles. The summed E-state index contributed by atoms with van der Waals surface area (Å²) in [7, 11) is 1.68. The number of carbonyl (C=O) groups is 2. The minimum atomic E-state index is 0.0298. The second-order valence-corrected chi connectivity index (χ2v) is 9.06. The Hall–Kier alpha value is -2.89. The van der Waals surface area contributed by atoms with Crippen LogP contribution >= 0.6 is 0 Å². The number of aromatic nitrogens is 1. The molecule has 2 aliphatic rings. The number of amides is 2. The van der Waals surface area contributed by atoms with E-state index in [-0.39, 0.29) is 23.7 Å². The van der Waals surface area contributed by atoms with Crippen LogP contribution in [0.3, 0.4) is 0 Å². The van der Waals surface area contributed by atoms with Gasteiger partial charge in [-0.2, -0.15) is 0 Å². The molecule has 0 bridgehead atoms. The number of benzene rings is 1. The molecule has 0 unspecified atom stereocenters. The summed E-state index contributed by atoms with van der Waals surface area (Å²) in [4.78, 5) is 33.5. The van der Waals surface area contributed by atoms with Crippen molar-refractivity contribution in [3.63, 3.8) is 0 Å². The summed E-state index contributed by atoms with van der Waals surface area (Å²) in [5.41, 5.74) is 4.29. The molecule has 170 valence electrons. The van der Waals surface area contributed by atoms with Gasteiger partial charge in [0.15, 0.2) is 0 Å². The Kier molecular flexibility index (Phi) is 6.77. The predicted octanol–water partition coefficient (Wildman–Crippen LogP) is 4.03. The Bertz CT molecular complexity index is 982. The van der Waals surface area contributed by atoms with E-state index in [0.29, 0.717) is 13.1 Å². The number of methoxy groups -OCH3 is 1. The first-order valence-corrected chi connectivity index (χ1v) is 11.6. The second kappa shape index (κ2) is 9.72. The van der Waals surface area contributed by atoms with Gasteiger partial charge in [0.1, 0.15) is 5.75 Å². The first-order valence-electron chi connectivity index (χ1n) is 11.6. The molecule has 32 heavy (non-hydrogen) atoms. The zero-order valence-electron chi connectivity index (χ0n) is 19.3. The monoisotopic (exact) mass is 435 g/mol. The minimum Gasteiger partial charge on any atom is -0.497 e. The van der Waals surface area contributed by atoms with Crippen molar-refractivity contribution >= 4 is 11.8 Å². The van der Waals surface area contributed by atoms with E-state index in [0.717, 1.165) is 67.0 Å². The summed E-state index contributed by atoms with van der Waals surface area (Å²) >= 11 is 0. The molecule has 2 saturated heterocycles. The van der Waals surface area contributed by atoms with E-state index in [1.165, 1.54) is 0 Å². The van der Waals surface area contributed by atoms with E-state index in [1.54, 1.807) is 14.0 Å². The van der Waals surface area contributed by atoms with Crippen molar-refractivity contribution in [2.24, 2.45) is 5.92 Å². The summed E-state index contributed by atoms with van der Waals surface area (Å²) in [6.45, 7) is 6.54. The first-order chi connectivity index (χ1) is 15.4. The van der Waals surface area contributed by atoms with Gasteiger partial charge in [-0.25, -0.2) is 0 Å². The van der Waals surface area contributed by atoms with Gasteiger partial charge >= 0.3 is 0 Å². The number of piperidine rings is 2. The molecule has 0 N–H and O–H groups in total. The molecule has 1 aromatic heterocycles. The molecule has 0 spiro atoms. The predicted molar refractivity (Wildman–Crippen MR) is 124 cm³/mol. The van der Waals surface area contributed by atoms with Crippen LogP contribution < -0.4 is 4.74 Å². The summed E-state index contributed by atoms with van der Waals surface area (Å²) in [5, 5.41) is 0. The van der Waals surface area contributed by atoms with Gasteiger partial charge in [-0.1, -0.05) is 12.1 Å². The number of hydrogen-bond acceptors (Lipinski definition) is 4. The molecule has 3 heterocycles. The van der Waals surface area contributed by atoms with Gasteiger partial charge < -0.3 is 14.5 Å². The van der Waals surface area contributed by atoms with Crippen LogP contribution in [-0.4, -0.2) is 59.9 Å². The smallest absolute Gasteiger partial charge is 0.225 e. The van der Waals surface area contributed by atoms with Crippen LogP contribution in [0.2, 0.25) is 0 Å². The Morgan fingerprint density at radius 1 is 1.00 bits per heavy atom. The van der Waals surface area contributed by atoms with Gasteiger partial charge in [0.2, 0.25) is 11.8 Å². The highest BCUT2D eigenvalue weighted by Crippen LogP contribution is 2.32. The highest BCUT2D eigenvalue weighted by Gasteiger charge is 2.32. The molecule has 1 atom stereocenters. The average molecular weight is 436 g/mol. The maximum absolute atomic E-state index is 13.2. The fourth-order valence-electron chi connectivity index (χ4n) is 4.99. The number of pyridine rings is 1. The summed E-state index contributed by atoms with van der Waals surface area (Å²) in [6, 6.07) is 12.4. The maximum atomic E-state index is 13.2. The molecule has 2 fully saturated rings. The molecular formula is C26H33N3O3. The molecule has 1 aromatic carbocycles. The van der Waals surface area contributed by atoms with Crippen molar-refractivity contribution in [2.75, 3.05) is 33.3 Å². The molecule has 6 heteroatoms. The largest absolute Gasteiger partial charge is 0.497 e. The molecule has 4 rings (SSSR count). The minimum absolute atomic E-state index is 0.0298. The second-order valence-electron chi connectivity index (χ2n) is 9.06. The molecular weight excluding hydrogens is 402 g/mol. The van der Waals surface area contributed by atoms with Crippen molar-refractivity contribution in [2.45, 2.75) is 45.4 Å². The number of ether oxygens (including phenoxy) is 1. The molecule has 2 aromatic rings. The third-order valence-corrected chi connectivity index (χ3v) is 6.82. The highest BCUT2D eigenvalue weighted by molar-refractivity contribution is 5.80. The Morgan fingerprint density at radius 2 is 1.78 bits per heavy atom. The SMILES string of the molecule is COc1cccc(-c2cc(C)nc([C@@H]3CCCN(C(=O)C4CCN(C(C)=O)CC4)C3)c2)c1. The molecule has 6 nitrogen and oxygen atoms in total. The van der Waals surface area contributed by atoms with Gasteiger partial charge in [0.05, 0.1) is 7.11 Å². The molecule has 0 saturated carbocycles. The molecule has 2 aliphatic heterocycles. The van der Waals surface area contributed by atoms with E-state index in [1.807, 2.05) is 34.9 Å².